The number of imidazole rings is 1. The van der Waals surface area contributed by atoms with E-state index in [1.165, 1.54) is 11.3 Å². The number of hydrogen-bond donors (Lipinski definition) is 2. The molecule has 0 amide bonds. The number of H-pyrrole nitrogens is 2. The highest BCUT2D eigenvalue weighted by atomic mass is 16.2. The van der Waals surface area contributed by atoms with E-state index in [1.807, 2.05) is 13.2 Å². The van der Waals surface area contributed by atoms with Crippen molar-refractivity contribution in [1.29, 1.82) is 0 Å². The molecular weight excluding hydrogens is 334 g/mol. The van der Waals surface area contributed by atoms with Gasteiger partial charge >= 0.3 is 5.69 Å². The first-order chi connectivity index (χ1) is 12.6. The summed E-state index contributed by atoms with van der Waals surface area (Å²) in [5.74, 6) is 0.785. The minimum absolute atomic E-state index is 0.380. The third-order valence-electron chi connectivity index (χ3n) is 5.09. The van der Waals surface area contributed by atoms with Crippen LogP contribution in [0.15, 0.2) is 15.8 Å². The highest BCUT2D eigenvalue weighted by Gasteiger charge is 2.22. The van der Waals surface area contributed by atoms with Crippen molar-refractivity contribution in [2.24, 2.45) is 7.05 Å². The molecule has 3 aromatic rings. The van der Waals surface area contributed by atoms with Gasteiger partial charge in [-0.3, -0.25) is 24.3 Å². The normalized spacial score (nSPS) is 14.8. The van der Waals surface area contributed by atoms with Crippen molar-refractivity contribution in [3.05, 3.63) is 44.1 Å². The molecule has 9 nitrogen and oxygen atoms in total. The van der Waals surface area contributed by atoms with Crippen molar-refractivity contribution >= 4 is 11.2 Å². The van der Waals surface area contributed by atoms with E-state index < -0.39 is 0 Å². The first-order valence-electron chi connectivity index (χ1n) is 9.00. The zero-order chi connectivity index (χ0) is 18.3. The molecule has 0 aromatic carbocycles. The largest absolute Gasteiger partial charge is 0.330 e. The molecule has 0 radical (unpaired) electrons. The minimum atomic E-state index is -0.387. The predicted molar refractivity (Wildman–Crippen MR) is 96.9 cm³/mol. The van der Waals surface area contributed by atoms with Crippen LogP contribution in [0.5, 0.6) is 0 Å². The van der Waals surface area contributed by atoms with Gasteiger partial charge in [-0.1, -0.05) is 13.3 Å². The monoisotopic (exact) mass is 357 g/mol. The Morgan fingerprint density at radius 2 is 2.15 bits per heavy atom. The van der Waals surface area contributed by atoms with Crippen molar-refractivity contribution in [2.75, 3.05) is 6.54 Å². The Labute approximate surface area is 149 Å². The van der Waals surface area contributed by atoms with Gasteiger partial charge in [-0.05, 0) is 6.42 Å². The second-order valence-electron chi connectivity index (χ2n) is 6.86. The first-order valence-corrected chi connectivity index (χ1v) is 9.00. The summed E-state index contributed by atoms with van der Waals surface area (Å²) in [5.41, 5.74) is 2.56. The quantitative estimate of drug-likeness (QED) is 0.692. The first kappa shape index (κ1) is 16.8. The Morgan fingerprint density at radius 3 is 2.96 bits per heavy atom. The Morgan fingerprint density at radius 1 is 1.31 bits per heavy atom. The third-order valence-corrected chi connectivity index (χ3v) is 5.09. The summed E-state index contributed by atoms with van der Waals surface area (Å²) in [6, 6.07) is 0. The molecule has 4 rings (SSSR count). The molecule has 1 aliphatic rings. The van der Waals surface area contributed by atoms with Crippen LogP contribution in [-0.4, -0.2) is 40.7 Å². The topological polar surface area (TPSA) is 105 Å². The van der Waals surface area contributed by atoms with Crippen molar-refractivity contribution in [1.82, 2.24) is 34.2 Å². The van der Waals surface area contributed by atoms with Gasteiger partial charge in [0, 0.05) is 44.4 Å². The summed E-state index contributed by atoms with van der Waals surface area (Å²) in [5, 5.41) is 7.14. The molecule has 4 heterocycles. The Hall–Kier alpha value is -2.68. The number of unbranched alkanes of at least 4 members (excludes halogenated alkanes) is 1. The lowest BCUT2D eigenvalue weighted by atomic mass is 10.1. The van der Waals surface area contributed by atoms with Crippen LogP contribution >= 0.6 is 0 Å². The maximum absolute atomic E-state index is 12.3. The molecule has 3 aromatic heterocycles. The fraction of sp³-hybridized carbons (Fsp3) is 0.529. The highest BCUT2D eigenvalue weighted by Crippen LogP contribution is 2.19. The van der Waals surface area contributed by atoms with Crippen LogP contribution in [0.2, 0.25) is 0 Å². The predicted octanol–water partition coefficient (Wildman–Crippen LogP) is 0.505. The summed E-state index contributed by atoms with van der Waals surface area (Å²) in [7, 11) is 1.84. The van der Waals surface area contributed by atoms with Crippen LogP contribution < -0.4 is 11.2 Å². The molecule has 0 unspecified atom stereocenters. The van der Waals surface area contributed by atoms with Gasteiger partial charge in [-0.15, -0.1) is 0 Å². The summed E-state index contributed by atoms with van der Waals surface area (Å²) < 4.78 is 3.38. The van der Waals surface area contributed by atoms with Crippen molar-refractivity contribution in [3.63, 3.8) is 0 Å². The van der Waals surface area contributed by atoms with Crippen LogP contribution in [0.3, 0.4) is 0 Å². The van der Waals surface area contributed by atoms with Gasteiger partial charge < -0.3 is 4.57 Å². The Kier molecular flexibility index (Phi) is 4.23. The fourth-order valence-corrected chi connectivity index (χ4v) is 3.57. The zero-order valence-corrected chi connectivity index (χ0v) is 15.1. The molecular formula is C17H23N7O2. The van der Waals surface area contributed by atoms with Crippen molar-refractivity contribution < 1.29 is 0 Å². The maximum Gasteiger partial charge on any atom is 0.330 e. The molecule has 1 aliphatic heterocycles. The summed E-state index contributed by atoms with van der Waals surface area (Å²) in [6.45, 7) is 4.95. The number of fused-ring (bicyclic) bond motifs is 2. The molecule has 0 saturated carbocycles. The van der Waals surface area contributed by atoms with Gasteiger partial charge in [0.25, 0.3) is 5.56 Å². The molecule has 0 spiro atoms. The standard InChI is InChI=1S/C17H23N7O2/c1-3-4-6-24-15-14(16(25)20-17(24)26)22(2)13(19-15)10-23-7-5-12-11(9-23)8-18-21-12/h8H,3-7,9-10H2,1-2H3,(H,18,21)(H,20,25,26). The average Bonchev–Trinajstić information content (AvgIpc) is 3.19. The number of nitrogens with zero attached hydrogens (tertiary/aromatic N) is 5. The number of aromatic nitrogens is 6. The Bertz CT molecular complexity index is 1060. The molecule has 26 heavy (non-hydrogen) atoms. The molecule has 0 bridgehead atoms. The van der Waals surface area contributed by atoms with Crippen LogP contribution in [0.4, 0.5) is 0 Å². The SMILES string of the molecule is CCCCn1c(=O)[nH]c(=O)c2c1nc(CN1CCc3[nH]ncc3C1)n2C. The summed E-state index contributed by atoms with van der Waals surface area (Å²) >= 11 is 0. The van der Waals surface area contributed by atoms with E-state index in [0.29, 0.717) is 24.3 Å². The third kappa shape index (κ3) is 2.78. The maximum atomic E-state index is 12.3. The van der Waals surface area contributed by atoms with Gasteiger partial charge in [0.05, 0.1) is 12.7 Å². The fourth-order valence-electron chi connectivity index (χ4n) is 3.57. The van der Waals surface area contributed by atoms with E-state index >= 15 is 0 Å². The number of aromatic amines is 2. The number of rotatable bonds is 5. The average molecular weight is 357 g/mol. The Balaban J connectivity index is 1.70. The zero-order valence-electron chi connectivity index (χ0n) is 15.1. The van der Waals surface area contributed by atoms with Gasteiger partial charge in [0.2, 0.25) is 0 Å². The van der Waals surface area contributed by atoms with E-state index in [-0.39, 0.29) is 11.2 Å². The van der Waals surface area contributed by atoms with Crippen LogP contribution in [0, 0.1) is 0 Å². The van der Waals surface area contributed by atoms with E-state index in [1.54, 1.807) is 9.13 Å². The van der Waals surface area contributed by atoms with E-state index in [2.05, 4.69) is 32.0 Å². The number of hydrogen-bond acceptors (Lipinski definition) is 5. The smallest absolute Gasteiger partial charge is 0.324 e. The van der Waals surface area contributed by atoms with E-state index in [0.717, 1.165) is 38.2 Å². The lowest BCUT2D eigenvalue weighted by molar-refractivity contribution is 0.237. The minimum Gasteiger partial charge on any atom is -0.324 e. The second-order valence-corrected chi connectivity index (χ2v) is 6.86. The molecule has 0 aliphatic carbocycles. The van der Waals surface area contributed by atoms with Gasteiger partial charge in [-0.2, -0.15) is 5.10 Å². The summed E-state index contributed by atoms with van der Waals surface area (Å²) in [4.78, 5) is 33.9. The van der Waals surface area contributed by atoms with E-state index in [4.69, 9.17) is 0 Å². The van der Waals surface area contributed by atoms with Gasteiger partial charge in [-0.25, -0.2) is 9.78 Å². The van der Waals surface area contributed by atoms with Crippen LogP contribution in [0.1, 0.15) is 36.8 Å². The van der Waals surface area contributed by atoms with Gasteiger partial charge in [0.1, 0.15) is 5.82 Å². The molecule has 0 fully saturated rings. The lowest BCUT2D eigenvalue weighted by Gasteiger charge is -2.25. The lowest BCUT2D eigenvalue weighted by Crippen LogP contribution is -2.31. The molecule has 138 valence electrons. The molecule has 0 atom stereocenters. The van der Waals surface area contributed by atoms with Crippen molar-refractivity contribution in [2.45, 2.75) is 45.8 Å². The number of nitrogens with one attached hydrogen (secondary N) is 2. The van der Waals surface area contributed by atoms with E-state index in [9.17, 15) is 9.59 Å². The molecule has 9 heteroatoms. The van der Waals surface area contributed by atoms with Crippen LogP contribution in [-0.2, 0) is 33.1 Å². The summed E-state index contributed by atoms with van der Waals surface area (Å²) in [6.07, 6.45) is 4.61. The van der Waals surface area contributed by atoms with Crippen LogP contribution in [0.25, 0.3) is 11.2 Å². The molecule has 0 saturated heterocycles. The second kappa shape index (κ2) is 6.56. The number of aryl methyl sites for hydroxylation is 2. The highest BCUT2D eigenvalue weighted by molar-refractivity contribution is 5.70. The van der Waals surface area contributed by atoms with Gasteiger partial charge in [0.15, 0.2) is 11.2 Å². The van der Waals surface area contributed by atoms with Crippen molar-refractivity contribution in [3.8, 4) is 0 Å². The molecule has 2 N–H and O–H groups in total.